The van der Waals surface area contributed by atoms with Crippen LogP contribution in [-0.4, -0.2) is 26.4 Å². The maximum Gasteiger partial charge on any atom is 0.261 e. The van der Waals surface area contributed by atoms with Crippen molar-refractivity contribution in [3.63, 3.8) is 0 Å². The first-order chi connectivity index (χ1) is 14.1. The number of rotatable bonds is 7. The van der Waals surface area contributed by atoms with Gasteiger partial charge >= 0.3 is 0 Å². The van der Waals surface area contributed by atoms with E-state index >= 15 is 0 Å². The highest BCUT2D eigenvalue weighted by Gasteiger charge is 2.29. The highest BCUT2D eigenvalue weighted by atomic mass is 32.2. The molecule has 0 aromatic heterocycles. The number of sulfonamides is 1. The fraction of sp³-hybridized carbons (Fsp3) is 0.350. The molecule has 30 heavy (non-hydrogen) atoms. The molecule has 3 rings (SSSR count). The van der Waals surface area contributed by atoms with Crippen molar-refractivity contribution >= 4 is 27.3 Å². The van der Waals surface area contributed by atoms with Crippen LogP contribution in [0.1, 0.15) is 26.7 Å². The third kappa shape index (κ3) is 5.53. The van der Waals surface area contributed by atoms with Crippen molar-refractivity contribution in [3.05, 3.63) is 54.1 Å². The number of hydrazine groups is 1. The third-order valence-electron chi connectivity index (χ3n) is 4.66. The molecule has 162 valence electrons. The Balaban J connectivity index is 1.59. The number of hydrogen-bond donors (Lipinski definition) is 4. The van der Waals surface area contributed by atoms with E-state index in [0.29, 0.717) is 24.1 Å². The molecule has 2 aromatic carbocycles. The minimum Gasteiger partial charge on any atom is -0.325 e. The molecule has 0 spiro atoms. The summed E-state index contributed by atoms with van der Waals surface area (Å²) in [6.45, 7) is 4.24. The lowest BCUT2D eigenvalue weighted by Gasteiger charge is -2.12. The Labute approximate surface area is 174 Å². The van der Waals surface area contributed by atoms with E-state index in [-0.39, 0.29) is 23.7 Å². The van der Waals surface area contributed by atoms with E-state index in [1.165, 1.54) is 12.1 Å². The fourth-order valence-corrected chi connectivity index (χ4v) is 4.30. The lowest BCUT2D eigenvalue weighted by atomic mass is 10.00. The van der Waals surface area contributed by atoms with Gasteiger partial charge in [0.15, 0.2) is 11.6 Å². The lowest BCUT2D eigenvalue weighted by Crippen LogP contribution is -2.40. The monoisotopic (exact) mass is 438 g/mol. The molecule has 2 atom stereocenters. The highest BCUT2D eigenvalue weighted by molar-refractivity contribution is 7.92. The Morgan fingerprint density at radius 1 is 1.07 bits per heavy atom. The van der Waals surface area contributed by atoms with Gasteiger partial charge in [0, 0.05) is 17.4 Å². The van der Waals surface area contributed by atoms with Crippen LogP contribution in [0.5, 0.6) is 0 Å². The second kappa shape index (κ2) is 9.07. The molecule has 0 radical (unpaired) electrons. The van der Waals surface area contributed by atoms with Crippen molar-refractivity contribution < 1.29 is 22.0 Å². The molecule has 2 aromatic rings. The van der Waals surface area contributed by atoms with E-state index in [9.17, 15) is 22.0 Å². The molecule has 2 unspecified atom stereocenters. The molecular formula is C20H24F2N4O3S. The maximum absolute atomic E-state index is 13.3. The summed E-state index contributed by atoms with van der Waals surface area (Å²) in [5.41, 5.74) is 6.84. The molecule has 1 heterocycles. The van der Waals surface area contributed by atoms with E-state index < -0.39 is 26.6 Å². The zero-order chi connectivity index (χ0) is 21.9. The fourth-order valence-electron chi connectivity index (χ4n) is 3.23. The van der Waals surface area contributed by atoms with Crippen LogP contribution in [0.4, 0.5) is 20.2 Å². The topological polar surface area (TPSA) is 99.3 Å². The predicted octanol–water partition coefficient (Wildman–Crippen LogP) is 2.99. The summed E-state index contributed by atoms with van der Waals surface area (Å²) < 4.78 is 53.3. The van der Waals surface area contributed by atoms with E-state index in [4.69, 9.17) is 0 Å². The van der Waals surface area contributed by atoms with Crippen molar-refractivity contribution in [2.24, 2.45) is 5.92 Å². The van der Waals surface area contributed by atoms with Gasteiger partial charge in [-0.15, -0.1) is 0 Å². The Hall–Kier alpha value is -2.56. The SMILES string of the molecule is CC(C)CC1CC(C(=O)Nc2ccc(NS(=O)(=O)c3ccc(F)c(F)c3)cc2)NN1. The summed E-state index contributed by atoms with van der Waals surface area (Å²) in [6.07, 6.45) is 1.64. The first-order valence-electron chi connectivity index (χ1n) is 9.54. The van der Waals surface area contributed by atoms with Gasteiger partial charge in [-0.3, -0.25) is 14.9 Å². The van der Waals surface area contributed by atoms with Crippen molar-refractivity contribution in [2.45, 2.75) is 43.7 Å². The quantitative estimate of drug-likeness (QED) is 0.533. The van der Waals surface area contributed by atoms with Crippen LogP contribution in [0.15, 0.2) is 47.4 Å². The molecular weight excluding hydrogens is 414 g/mol. The summed E-state index contributed by atoms with van der Waals surface area (Å²) in [4.78, 5) is 12.0. The molecule has 1 fully saturated rings. The Bertz CT molecular complexity index is 1010. The second-order valence-electron chi connectivity index (χ2n) is 7.65. The summed E-state index contributed by atoms with van der Waals surface area (Å²) >= 11 is 0. The number of benzene rings is 2. The minimum absolute atomic E-state index is 0.191. The number of hydrogen-bond acceptors (Lipinski definition) is 5. The molecule has 4 N–H and O–H groups in total. The largest absolute Gasteiger partial charge is 0.325 e. The lowest BCUT2D eigenvalue weighted by molar-refractivity contribution is -0.117. The predicted molar refractivity (Wildman–Crippen MR) is 110 cm³/mol. The zero-order valence-corrected chi connectivity index (χ0v) is 17.4. The molecule has 0 aliphatic carbocycles. The van der Waals surface area contributed by atoms with Crippen molar-refractivity contribution in [3.8, 4) is 0 Å². The minimum atomic E-state index is -4.08. The molecule has 0 saturated carbocycles. The van der Waals surface area contributed by atoms with Crippen molar-refractivity contribution in [1.29, 1.82) is 0 Å². The van der Waals surface area contributed by atoms with Crippen LogP contribution in [0.25, 0.3) is 0 Å². The maximum atomic E-state index is 13.3. The van der Waals surface area contributed by atoms with Crippen molar-refractivity contribution in [1.82, 2.24) is 10.9 Å². The van der Waals surface area contributed by atoms with E-state index in [2.05, 4.69) is 34.7 Å². The standard InChI is InChI=1S/C20H24F2N4O3S/c1-12(2)9-15-10-19(25-24-15)20(27)23-13-3-5-14(6-4-13)26-30(28,29)16-7-8-17(21)18(22)11-16/h3-8,11-12,15,19,24-26H,9-10H2,1-2H3,(H,23,27). The van der Waals surface area contributed by atoms with Crippen LogP contribution in [-0.2, 0) is 14.8 Å². The van der Waals surface area contributed by atoms with Gasteiger partial charge in [-0.2, -0.15) is 0 Å². The van der Waals surface area contributed by atoms with Gasteiger partial charge in [0.05, 0.1) is 4.90 Å². The van der Waals surface area contributed by atoms with E-state index in [0.717, 1.165) is 18.6 Å². The number of carbonyl (C=O) groups is 1. The number of anilines is 2. The highest BCUT2D eigenvalue weighted by Crippen LogP contribution is 2.21. The van der Waals surface area contributed by atoms with Crippen LogP contribution >= 0.6 is 0 Å². The van der Waals surface area contributed by atoms with Crippen LogP contribution in [0.2, 0.25) is 0 Å². The van der Waals surface area contributed by atoms with Gasteiger partial charge in [-0.25, -0.2) is 22.6 Å². The van der Waals surface area contributed by atoms with Gasteiger partial charge in [0.25, 0.3) is 10.0 Å². The second-order valence-corrected chi connectivity index (χ2v) is 9.33. The average molecular weight is 439 g/mol. The molecule has 7 nitrogen and oxygen atoms in total. The summed E-state index contributed by atoms with van der Waals surface area (Å²) in [5.74, 6) is -2.05. The molecule has 1 saturated heterocycles. The van der Waals surface area contributed by atoms with Crippen LogP contribution in [0, 0.1) is 17.6 Å². The van der Waals surface area contributed by atoms with E-state index in [1.54, 1.807) is 12.1 Å². The summed E-state index contributed by atoms with van der Waals surface area (Å²) in [7, 11) is -4.08. The van der Waals surface area contributed by atoms with Crippen molar-refractivity contribution in [2.75, 3.05) is 10.0 Å². The third-order valence-corrected chi connectivity index (χ3v) is 6.04. The van der Waals surface area contributed by atoms with Gasteiger partial charge in [-0.1, -0.05) is 13.8 Å². The number of carbonyl (C=O) groups excluding carboxylic acids is 1. The molecule has 1 amide bonds. The number of halogens is 2. The zero-order valence-electron chi connectivity index (χ0n) is 16.6. The summed E-state index contributed by atoms with van der Waals surface area (Å²) in [5, 5.41) is 2.78. The number of nitrogens with one attached hydrogen (secondary N) is 4. The number of amides is 1. The molecule has 1 aliphatic rings. The smallest absolute Gasteiger partial charge is 0.261 e. The van der Waals surface area contributed by atoms with E-state index in [1.807, 2.05) is 0 Å². The molecule has 10 heteroatoms. The Kier molecular flexibility index (Phi) is 6.69. The van der Waals surface area contributed by atoms with Gasteiger partial charge in [-0.05, 0) is 61.2 Å². The molecule has 0 bridgehead atoms. The van der Waals surface area contributed by atoms with Gasteiger partial charge < -0.3 is 5.32 Å². The summed E-state index contributed by atoms with van der Waals surface area (Å²) in [6, 6.07) is 8.24. The Morgan fingerprint density at radius 2 is 1.73 bits per heavy atom. The van der Waals surface area contributed by atoms with Gasteiger partial charge in [0.1, 0.15) is 6.04 Å². The van der Waals surface area contributed by atoms with Gasteiger partial charge in [0.2, 0.25) is 5.91 Å². The Morgan fingerprint density at radius 3 is 2.37 bits per heavy atom. The molecule has 1 aliphatic heterocycles. The first-order valence-corrected chi connectivity index (χ1v) is 11.0. The van der Waals surface area contributed by atoms with Crippen LogP contribution in [0.3, 0.4) is 0 Å². The average Bonchev–Trinajstić information content (AvgIpc) is 3.13. The normalized spacial score (nSPS) is 19.1. The van der Waals surface area contributed by atoms with Crippen LogP contribution < -0.4 is 20.9 Å². The first kappa shape index (κ1) is 22.1.